The lowest BCUT2D eigenvalue weighted by molar-refractivity contribution is -0.137. The van der Waals surface area contributed by atoms with Crippen molar-refractivity contribution in [2.24, 2.45) is 0 Å². The molecular formula is C17H11F3IN3OS. The van der Waals surface area contributed by atoms with Crippen molar-refractivity contribution in [3.8, 4) is 11.3 Å². The Kier molecular flexibility index (Phi) is 5.47. The summed E-state index contributed by atoms with van der Waals surface area (Å²) < 4.78 is 39.2. The number of thiazole rings is 1. The van der Waals surface area contributed by atoms with Gasteiger partial charge in [0, 0.05) is 20.2 Å². The molecule has 0 saturated carbocycles. The number of nitrogens with one attached hydrogen (secondary N) is 2. The van der Waals surface area contributed by atoms with Gasteiger partial charge in [0.05, 0.1) is 11.3 Å². The fourth-order valence-corrected chi connectivity index (χ4v) is 3.19. The van der Waals surface area contributed by atoms with E-state index in [1.165, 1.54) is 23.5 Å². The standard InChI is InChI=1S/C17H11F3IN3OS/c18-17(19,20)11-2-1-3-13(8-11)22-15(25)24-16-23-14(9-26-16)10-4-6-12(21)7-5-10/h1-9H,(H2,22,23,24,25). The predicted molar refractivity (Wildman–Crippen MR) is 104 cm³/mol. The van der Waals surface area contributed by atoms with Gasteiger partial charge in [-0.2, -0.15) is 13.2 Å². The van der Waals surface area contributed by atoms with Gasteiger partial charge in [0.25, 0.3) is 0 Å². The number of aromatic nitrogens is 1. The fraction of sp³-hybridized carbons (Fsp3) is 0.0588. The molecule has 0 spiro atoms. The highest BCUT2D eigenvalue weighted by molar-refractivity contribution is 14.1. The average molecular weight is 489 g/mol. The maximum Gasteiger partial charge on any atom is 0.416 e. The third-order valence-corrected chi connectivity index (χ3v) is 4.79. The average Bonchev–Trinajstić information content (AvgIpc) is 3.03. The van der Waals surface area contributed by atoms with Gasteiger partial charge in [-0.1, -0.05) is 18.2 Å². The van der Waals surface area contributed by atoms with Crippen molar-refractivity contribution in [1.82, 2.24) is 4.98 Å². The molecule has 1 heterocycles. The Bertz CT molecular complexity index is 926. The SMILES string of the molecule is O=C(Nc1cccc(C(F)(F)F)c1)Nc1nc(-c2ccc(I)cc2)cs1. The number of benzene rings is 2. The fourth-order valence-electron chi connectivity index (χ4n) is 2.12. The van der Waals surface area contributed by atoms with E-state index in [9.17, 15) is 18.0 Å². The van der Waals surface area contributed by atoms with Crippen LogP contribution in [0.5, 0.6) is 0 Å². The van der Waals surface area contributed by atoms with E-state index in [1.807, 2.05) is 24.3 Å². The van der Waals surface area contributed by atoms with Crippen LogP contribution in [0.3, 0.4) is 0 Å². The second kappa shape index (κ2) is 7.62. The zero-order chi connectivity index (χ0) is 18.7. The first-order chi connectivity index (χ1) is 12.3. The van der Waals surface area contributed by atoms with Crippen molar-refractivity contribution in [2.75, 3.05) is 10.6 Å². The number of carbonyl (C=O) groups is 1. The molecule has 2 aromatic carbocycles. The van der Waals surface area contributed by atoms with Crippen molar-refractivity contribution in [2.45, 2.75) is 6.18 Å². The summed E-state index contributed by atoms with van der Waals surface area (Å²) in [6, 6.07) is 11.5. The van der Waals surface area contributed by atoms with Gasteiger partial charge in [0.15, 0.2) is 5.13 Å². The molecule has 0 fully saturated rings. The lowest BCUT2D eigenvalue weighted by Crippen LogP contribution is -2.19. The summed E-state index contributed by atoms with van der Waals surface area (Å²) in [5.41, 5.74) is 0.839. The third-order valence-electron chi connectivity index (χ3n) is 3.31. The number of anilines is 2. The van der Waals surface area contributed by atoms with Crippen LogP contribution in [0, 0.1) is 3.57 Å². The van der Waals surface area contributed by atoms with Gasteiger partial charge in [-0.3, -0.25) is 5.32 Å². The number of alkyl halides is 3. The Morgan fingerprint density at radius 2 is 1.81 bits per heavy atom. The summed E-state index contributed by atoms with van der Waals surface area (Å²) in [6.07, 6.45) is -4.47. The number of nitrogens with zero attached hydrogens (tertiary/aromatic N) is 1. The lowest BCUT2D eigenvalue weighted by Gasteiger charge is -2.09. The van der Waals surface area contributed by atoms with E-state index in [2.05, 4.69) is 38.2 Å². The van der Waals surface area contributed by atoms with Crippen molar-refractivity contribution < 1.29 is 18.0 Å². The summed E-state index contributed by atoms with van der Waals surface area (Å²) in [6.45, 7) is 0. The molecule has 0 unspecified atom stereocenters. The zero-order valence-corrected chi connectivity index (χ0v) is 15.9. The first-order valence-electron chi connectivity index (χ1n) is 7.28. The highest BCUT2D eigenvalue weighted by atomic mass is 127. The number of hydrogen-bond donors (Lipinski definition) is 2. The first-order valence-corrected chi connectivity index (χ1v) is 9.24. The van der Waals surface area contributed by atoms with E-state index in [0.717, 1.165) is 21.3 Å². The molecule has 1 aromatic heterocycles. The second-order valence-corrected chi connectivity index (χ2v) is 7.31. The minimum Gasteiger partial charge on any atom is -0.308 e. The van der Waals surface area contributed by atoms with Gasteiger partial charge in [0.1, 0.15) is 0 Å². The molecular weight excluding hydrogens is 478 g/mol. The number of amides is 2. The Morgan fingerprint density at radius 1 is 1.08 bits per heavy atom. The molecule has 2 amide bonds. The summed E-state index contributed by atoms with van der Waals surface area (Å²) in [5.74, 6) is 0. The molecule has 0 saturated heterocycles. The van der Waals surface area contributed by atoms with Crippen molar-refractivity contribution in [3.05, 3.63) is 63.0 Å². The Labute approximate surface area is 164 Å². The maximum absolute atomic E-state index is 12.7. The van der Waals surface area contributed by atoms with Crippen LogP contribution < -0.4 is 10.6 Å². The van der Waals surface area contributed by atoms with E-state index < -0.39 is 17.8 Å². The Balaban J connectivity index is 1.67. The Morgan fingerprint density at radius 3 is 2.50 bits per heavy atom. The Hall–Kier alpha value is -2.14. The quantitative estimate of drug-likeness (QED) is 0.439. The molecule has 0 aliphatic heterocycles. The van der Waals surface area contributed by atoms with Crippen LogP contribution in [0.15, 0.2) is 53.9 Å². The van der Waals surface area contributed by atoms with Crippen molar-refractivity contribution in [3.63, 3.8) is 0 Å². The zero-order valence-electron chi connectivity index (χ0n) is 13.0. The number of urea groups is 1. The molecule has 3 aromatic rings. The lowest BCUT2D eigenvalue weighted by atomic mass is 10.2. The minimum absolute atomic E-state index is 0.0479. The van der Waals surface area contributed by atoms with Crippen LogP contribution in [0.25, 0.3) is 11.3 Å². The minimum atomic E-state index is -4.47. The molecule has 9 heteroatoms. The normalized spacial score (nSPS) is 11.2. The maximum atomic E-state index is 12.7. The molecule has 0 atom stereocenters. The number of carbonyl (C=O) groups excluding carboxylic acids is 1. The topological polar surface area (TPSA) is 54.0 Å². The van der Waals surface area contributed by atoms with Crippen molar-refractivity contribution >= 4 is 50.8 Å². The van der Waals surface area contributed by atoms with Crippen LogP contribution in [0.4, 0.5) is 28.8 Å². The molecule has 4 nitrogen and oxygen atoms in total. The van der Waals surface area contributed by atoms with Gasteiger partial charge in [-0.15, -0.1) is 11.3 Å². The van der Waals surface area contributed by atoms with Crippen LogP contribution in [0.2, 0.25) is 0 Å². The third kappa shape index (κ3) is 4.73. The summed E-state index contributed by atoms with van der Waals surface area (Å²) >= 11 is 3.43. The smallest absolute Gasteiger partial charge is 0.308 e. The summed E-state index contributed by atoms with van der Waals surface area (Å²) in [5, 5.41) is 7.04. The van der Waals surface area contributed by atoms with Crippen LogP contribution >= 0.6 is 33.9 Å². The van der Waals surface area contributed by atoms with E-state index in [0.29, 0.717) is 10.8 Å². The van der Waals surface area contributed by atoms with Gasteiger partial charge in [0.2, 0.25) is 0 Å². The monoisotopic (exact) mass is 489 g/mol. The molecule has 0 bridgehead atoms. The van der Waals surface area contributed by atoms with E-state index in [1.54, 1.807) is 5.38 Å². The molecule has 134 valence electrons. The van der Waals surface area contributed by atoms with Gasteiger partial charge in [-0.25, -0.2) is 9.78 Å². The largest absolute Gasteiger partial charge is 0.416 e. The van der Waals surface area contributed by atoms with Crippen LogP contribution in [-0.4, -0.2) is 11.0 Å². The summed E-state index contributed by atoms with van der Waals surface area (Å²) in [4.78, 5) is 16.3. The second-order valence-electron chi connectivity index (χ2n) is 5.20. The number of hydrogen-bond acceptors (Lipinski definition) is 3. The van der Waals surface area contributed by atoms with Crippen LogP contribution in [-0.2, 0) is 6.18 Å². The molecule has 2 N–H and O–H groups in total. The van der Waals surface area contributed by atoms with Gasteiger partial charge >= 0.3 is 12.2 Å². The van der Waals surface area contributed by atoms with Gasteiger partial charge < -0.3 is 5.32 Å². The van der Waals surface area contributed by atoms with E-state index in [4.69, 9.17) is 0 Å². The molecule has 26 heavy (non-hydrogen) atoms. The van der Waals surface area contributed by atoms with E-state index in [-0.39, 0.29) is 5.69 Å². The molecule has 0 radical (unpaired) electrons. The molecule has 3 rings (SSSR count). The number of rotatable bonds is 3. The molecule has 0 aliphatic carbocycles. The highest BCUT2D eigenvalue weighted by Crippen LogP contribution is 2.31. The van der Waals surface area contributed by atoms with Crippen molar-refractivity contribution in [1.29, 1.82) is 0 Å². The number of halogens is 4. The first kappa shape index (κ1) is 18.6. The highest BCUT2D eigenvalue weighted by Gasteiger charge is 2.30. The van der Waals surface area contributed by atoms with E-state index >= 15 is 0 Å². The van der Waals surface area contributed by atoms with Gasteiger partial charge in [-0.05, 0) is 52.9 Å². The molecule has 0 aliphatic rings. The predicted octanol–water partition coefficient (Wildman–Crippen LogP) is 6.08. The summed E-state index contributed by atoms with van der Waals surface area (Å²) in [7, 11) is 0. The van der Waals surface area contributed by atoms with Crippen LogP contribution in [0.1, 0.15) is 5.56 Å².